The van der Waals surface area contributed by atoms with Crippen LogP contribution in [0.15, 0.2) is 24.3 Å². The van der Waals surface area contributed by atoms with E-state index in [1.807, 2.05) is 44.5 Å². The molecule has 4 heteroatoms. The van der Waals surface area contributed by atoms with Crippen molar-refractivity contribution >= 4 is 104 Å². The average molecular weight is 2000 g/mol. The van der Waals surface area contributed by atoms with Gasteiger partial charge in [-0.05, 0) is 0 Å². The summed E-state index contributed by atoms with van der Waals surface area (Å²) in [4.78, 5) is 0. The van der Waals surface area contributed by atoms with Crippen molar-refractivity contribution in [1.82, 2.24) is 0 Å². The van der Waals surface area contributed by atoms with Crippen LogP contribution in [0.25, 0.3) is 0 Å². The van der Waals surface area contributed by atoms with E-state index in [0.29, 0.717) is 86.6 Å². The summed E-state index contributed by atoms with van der Waals surface area (Å²) in [6.07, 6.45) is 52.6. The predicted molar refractivity (Wildman–Crippen MR) is 520 cm³/mol. The van der Waals surface area contributed by atoms with Gasteiger partial charge in [0.2, 0.25) is 0 Å². The molecule has 0 spiro atoms. The van der Waals surface area contributed by atoms with Crippen LogP contribution in [0, 0.1) is 0 Å². The van der Waals surface area contributed by atoms with Crippen molar-refractivity contribution in [3.8, 4) is 0 Å². The number of fused-ring (bicyclic) bond motifs is 8. The fraction of sp³-hybridized carbons (Fsp3) is 0.786. The van der Waals surface area contributed by atoms with E-state index in [0.717, 1.165) is 0 Å². The molecule has 0 atom stereocenters. The quantitative estimate of drug-likeness (QED) is 0.0428. The van der Waals surface area contributed by atoms with Gasteiger partial charge in [0.25, 0.3) is 0 Å². The Hall–Kier alpha value is 0.0748. The van der Waals surface area contributed by atoms with Gasteiger partial charge in [-0.1, -0.05) is 0 Å². The van der Waals surface area contributed by atoms with Crippen LogP contribution in [0.5, 0.6) is 0 Å². The summed E-state index contributed by atoms with van der Waals surface area (Å²) in [6, 6.07) is 11.2. The first-order valence-corrected chi connectivity index (χ1v) is 56.6. The molecule has 8 radical (unpaired) electrons. The second kappa shape index (κ2) is 37.4. The molecule has 0 nitrogen and oxygen atoms in total. The molecule has 0 amide bonds. The molecule has 4 aromatic rings. The Labute approximate surface area is 775 Å². The molecule has 12 rings (SSSR count). The Balaban J connectivity index is 0.000000177. The van der Waals surface area contributed by atoms with Crippen molar-refractivity contribution in [2.75, 3.05) is 0 Å². The van der Waals surface area contributed by atoms with Crippen LogP contribution in [0.2, 0.25) is 0 Å². The van der Waals surface area contributed by atoms with Crippen molar-refractivity contribution in [3.05, 3.63) is 113 Å². The third-order valence-corrected chi connectivity index (χ3v) is 46.9. The van der Waals surface area contributed by atoms with E-state index in [2.05, 4.69) is 246 Å². The van der Waals surface area contributed by atoms with Crippen LogP contribution in [-0.2, 0) is 86.6 Å². The Morgan fingerprint density at radius 2 is 0.250 bits per heavy atom. The summed E-state index contributed by atoms with van der Waals surface area (Å²) in [7, 11) is 0. The predicted octanol–water partition coefficient (Wildman–Crippen LogP) is 30.1. The van der Waals surface area contributed by atoms with Gasteiger partial charge in [-0.3, -0.25) is 0 Å². The SMILES string of the molecule is CCC1(CC)CC(CC)(CC)c2c1cc1c([c]2[Sn+])C(CC)(CC)CC1(CC)CC.CCC1(CC)CC(CC)(CC)c2c1cc1c([c]2[Sn+])C(CC)(CC)CC1(CC)CC.CCC1(CC)CC(CC)(CC)c2c1cc1c([c]2[Sn-])C(CC)(CC)CC1(CC)CC.CCC1(CC)CC(CC)(CC)c2c1cc1c([c]2[Sn-])C(CC)(CC)CC1(CC)CC. The van der Waals surface area contributed by atoms with E-state index in [9.17, 15) is 0 Å². The van der Waals surface area contributed by atoms with E-state index < -0.39 is 0 Å². The molecule has 0 bridgehead atoms. The third-order valence-electron chi connectivity index (χ3n) is 41.2. The van der Waals surface area contributed by atoms with Gasteiger partial charge in [0.1, 0.15) is 0 Å². The van der Waals surface area contributed by atoms with Gasteiger partial charge in [0.05, 0.1) is 0 Å². The fourth-order valence-electron chi connectivity index (χ4n) is 31.0. The van der Waals surface area contributed by atoms with Crippen molar-refractivity contribution in [2.45, 2.75) is 565 Å². The Kier molecular flexibility index (Phi) is 32.2. The fourth-order valence-corrected chi connectivity index (χ4v) is 40.1. The minimum absolute atomic E-state index is 0.401. The van der Waals surface area contributed by atoms with Crippen LogP contribution in [0.3, 0.4) is 0 Å². The van der Waals surface area contributed by atoms with Gasteiger partial charge in [0, 0.05) is 0 Å². The van der Waals surface area contributed by atoms with Crippen molar-refractivity contribution in [3.63, 3.8) is 0 Å². The number of rotatable bonds is 32. The van der Waals surface area contributed by atoms with Crippen molar-refractivity contribution in [2.24, 2.45) is 0 Å². The molecule has 4 aromatic carbocycles. The molecule has 0 fully saturated rings. The van der Waals surface area contributed by atoms with E-state index in [1.165, 1.54) is 257 Å². The summed E-state index contributed by atoms with van der Waals surface area (Å²) >= 11 is 6.68. The van der Waals surface area contributed by atoms with E-state index in [4.69, 9.17) is 0 Å². The molecule has 8 aliphatic rings. The maximum atomic E-state index is 2.80. The molecule has 8 aliphatic carbocycles. The van der Waals surface area contributed by atoms with Crippen LogP contribution < -0.4 is 14.3 Å². The molecule has 644 valence electrons. The number of hydrogen-bond donors (Lipinski definition) is 0. The Morgan fingerprint density at radius 3 is 0.345 bits per heavy atom. The van der Waals surface area contributed by atoms with Gasteiger partial charge in [-0.2, -0.15) is 0 Å². The van der Waals surface area contributed by atoms with Gasteiger partial charge < -0.3 is 0 Å². The normalized spacial score (nSPS) is 22.5. The zero-order valence-corrected chi connectivity index (χ0v) is 94.0. The van der Waals surface area contributed by atoms with Gasteiger partial charge in [-0.15, -0.1) is 0 Å². The maximum absolute atomic E-state index is 2.80. The molecule has 0 aliphatic heterocycles. The molecule has 0 N–H and O–H groups in total. The summed E-state index contributed by atoms with van der Waals surface area (Å²) < 4.78 is 7.18. The second-order valence-corrected chi connectivity index (χ2v) is 47.3. The Morgan fingerprint density at radius 1 is 0.164 bits per heavy atom. The average Bonchev–Trinajstić information content (AvgIpc) is 1.54. The first-order chi connectivity index (χ1) is 55.1. The molecule has 0 saturated heterocycles. The molecule has 0 unspecified atom stereocenters. The van der Waals surface area contributed by atoms with Gasteiger partial charge in [0.15, 0.2) is 0 Å². The molecule has 0 heterocycles. The zero-order valence-electron chi connectivity index (χ0n) is 82.6. The zero-order chi connectivity index (χ0) is 86.7. The first-order valence-electron chi connectivity index (χ1n) is 50.9. The van der Waals surface area contributed by atoms with Crippen molar-refractivity contribution < 1.29 is 0 Å². The number of hydrogen-bond acceptors (Lipinski definition) is 0. The minimum atomic E-state index is 0.401. The second-order valence-electron chi connectivity index (χ2n) is 41.6. The first kappa shape index (κ1) is 99.8. The molecule has 0 aromatic heterocycles. The molecular weight excluding hydrogens is 1820 g/mol. The monoisotopic (exact) mass is 2010 g/mol. The summed E-state index contributed by atoms with van der Waals surface area (Å²) in [6.45, 7) is 78.8. The van der Waals surface area contributed by atoms with Gasteiger partial charge in [-0.25, -0.2) is 0 Å². The summed E-state index contributed by atoms with van der Waals surface area (Å²) in [5.41, 5.74) is 35.4. The van der Waals surface area contributed by atoms with Gasteiger partial charge >= 0.3 is 783 Å². The molecule has 116 heavy (non-hydrogen) atoms. The molecular formula is C112H180Sn4. The van der Waals surface area contributed by atoms with Crippen LogP contribution in [0.4, 0.5) is 0 Å². The van der Waals surface area contributed by atoms with Crippen molar-refractivity contribution in [1.29, 1.82) is 0 Å². The van der Waals surface area contributed by atoms with Crippen LogP contribution >= 0.6 is 0 Å². The van der Waals surface area contributed by atoms with Crippen LogP contribution in [0.1, 0.15) is 567 Å². The summed E-state index contributed by atoms with van der Waals surface area (Å²) in [5, 5.41) is 0. The van der Waals surface area contributed by atoms with Crippen LogP contribution in [-0.4, -0.2) is 90.1 Å². The van der Waals surface area contributed by atoms with E-state index in [-0.39, 0.29) is 0 Å². The Bertz CT molecular complexity index is 3240. The number of benzene rings is 4. The summed E-state index contributed by atoms with van der Waals surface area (Å²) in [5.74, 6) is 0. The van der Waals surface area contributed by atoms with E-state index >= 15 is 0 Å². The van der Waals surface area contributed by atoms with E-state index in [1.54, 1.807) is 149 Å². The standard InChI is InChI=1S/4C28H45.4Sn/c4*1-9-25(10-2)19-26(11-3,12-4)22-18-24-23(17-21(22)25)27(13-5,14-6)20-28(24,15-7)16-8;;;;/h4*17H,9-16,19-20H2,1-8H3;;;;/q;;;;2*-1;2*+1. The third kappa shape index (κ3) is 14.2. The topological polar surface area (TPSA) is 0 Å². The molecule has 0 saturated carbocycles.